The second-order valence-electron chi connectivity index (χ2n) is 8.97. The van der Waals surface area contributed by atoms with Crippen molar-refractivity contribution in [1.82, 2.24) is 15.0 Å². The summed E-state index contributed by atoms with van der Waals surface area (Å²) >= 11 is 3.61. The van der Waals surface area contributed by atoms with Crippen molar-refractivity contribution in [3.63, 3.8) is 0 Å². The lowest BCUT2D eigenvalue weighted by atomic mass is 9.95. The summed E-state index contributed by atoms with van der Waals surface area (Å²) in [5, 5.41) is 6.44. The number of hydrogen-bond donors (Lipinski definition) is 2. The lowest BCUT2D eigenvalue weighted by Gasteiger charge is -2.37. The van der Waals surface area contributed by atoms with Crippen molar-refractivity contribution in [2.45, 2.75) is 46.6 Å². The van der Waals surface area contributed by atoms with Crippen molar-refractivity contribution < 1.29 is 9.59 Å². The molecule has 33 heavy (non-hydrogen) atoms. The Morgan fingerprint density at radius 3 is 2.67 bits per heavy atom. The highest BCUT2D eigenvalue weighted by Crippen LogP contribution is 2.32. The predicted molar refractivity (Wildman–Crippen MR) is 136 cm³/mol. The number of halogens is 1. The number of carbonyl (C=O) groups is 2. The van der Waals surface area contributed by atoms with E-state index in [1.165, 1.54) is 0 Å². The maximum Gasteiger partial charge on any atom is 0.254 e. The van der Waals surface area contributed by atoms with Crippen molar-refractivity contribution in [2.75, 3.05) is 31.1 Å². The van der Waals surface area contributed by atoms with Gasteiger partial charge in [0.05, 0.1) is 5.92 Å². The van der Waals surface area contributed by atoms with Gasteiger partial charge in [-0.1, -0.05) is 5.57 Å². The van der Waals surface area contributed by atoms with E-state index >= 15 is 0 Å². The van der Waals surface area contributed by atoms with E-state index in [4.69, 9.17) is 0 Å². The topological polar surface area (TPSA) is 78.2 Å². The number of allylic oxidation sites excluding steroid dienone is 1. The summed E-state index contributed by atoms with van der Waals surface area (Å²) in [6, 6.07) is 4.39. The SMILES string of the molecule is CCN(c1c(C)c(C(=O)NCC2C(=O)N=C(C)C=C2C)cc2cc(Br)cn12)C1CCNCC1. The second kappa shape index (κ2) is 9.81. The number of dihydropyridines is 1. The predicted octanol–water partition coefficient (Wildman–Crippen LogP) is 3.88. The van der Waals surface area contributed by atoms with Gasteiger partial charge in [-0.15, -0.1) is 0 Å². The van der Waals surface area contributed by atoms with E-state index in [-0.39, 0.29) is 18.4 Å². The third-order valence-electron chi connectivity index (χ3n) is 6.72. The van der Waals surface area contributed by atoms with E-state index in [0.717, 1.165) is 59.4 Å². The average molecular weight is 514 g/mol. The highest BCUT2D eigenvalue weighted by molar-refractivity contribution is 9.10. The Balaban J connectivity index is 1.66. The number of anilines is 1. The molecule has 0 aromatic carbocycles. The van der Waals surface area contributed by atoms with Gasteiger partial charge in [0.25, 0.3) is 11.8 Å². The summed E-state index contributed by atoms with van der Waals surface area (Å²) < 4.78 is 3.15. The lowest BCUT2D eigenvalue weighted by molar-refractivity contribution is -0.120. The molecule has 2 aliphatic heterocycles. The molecule has 8 heteroatoms. The number of aromatic nitrogens is 1. The first-order valence-electron chi connectivity index (χ1n) is 11.6. The van der Waals surface area contributed by atoms with Crippen molar-refractivity contribution in [2.24, 2.45) is 10.9 Å². The number of nitrogens with one attached hydrogen (secondary N) is 2. The van der Waals surface area contributed by atoms with Crippen molar-refractivity contribution in [1.29, 1.82) is 0 Å². The fourth-order valence-corrected chi connectivity index (χ4v) is 5.47. The fraction of sp³-hybridized carbons (Fsp3) is 0.480. The highest BCUT2D eigenvalue weighted by atomic mass is 79.9. The van der Waals surface area contributed by atoms with Gasteiger partial charge in [0.15, 0.2) is 0 Å². The molecule has 2 aromatic heterocycles. The minimum atomic E-state index is -0.412. The van der Waals surface area contributed by atoms with E-state index in [1.807, 2.05) is 39.0 Å². The molecular formula is C25H32BrN5O2. The Bertz CT molecular complexity index is 1140. The van der Waals surface area contributed by atoms with Crippen LogP contribution < -0.4 is 15.5 Å². The molecule has 1 unspecified atom stereocenters. The fourth-order valence-electron chi connectivity index (χ4n) is 5.03. The molecule has 2 aromatic rings. The number of fused-ring (bicyclic) bond motifs is 1. The number of aliphatic imine (C=N–C) groups is 1. The molecule has 2 amide bonds. The molecule has 0 radical (unpaired) electrons. The standard InChI is InChI=1S/C25H32BrN5O2/c1-5-30(19-6-8-27-9-7-19)25-17(4)21(12-20-11-18(26)14-31(20)25)23(32)28-13-22-15(2)10-16(3)29-24(22)33/h10-12,14,19,22,27H,5-9,13H2,1-4H3,(H,28,32). The summed E-state index contributed by atoms with van der Waals surface area (Å²) in [4.78, 5) is 32.2. The second-order valence-corrected chi connectivity index (χ2v) is 9.89. The van der Waals surface area contributed by atoms with Gasteiger partial charge < -0.3 is 19.9 Å². The first kappa shape index (κ1) is 23.7. The van der Waals surface area contributed by atoms with Gasteiger partial charge in [0, 0.05) is 52.2 Å². The Hall–Kier alpha value is -2.45. The van der Waals surface area contributed by atoms with Crippen molar-refractivity contribution >= 4 is 44.8 Å². The van der Waals surface area contributed by atoms with Crippen molar-refractivity contribution in [3.8, 4) is 0 Å². The molecule has 2 N–H and O–H groups in total. The van der Waals surface area contributed by atoms with Crippen LogP contribution in [-0.2, 0) is 4.79 Å². The summed E-state index contributed by atoms with van der Waals surface area (Å²) in [7, 11) is 0. The van der Waals surface area contributed by atoms with Gasteiger partial charge in [-0.3, -0.25) is 9.59 Å². The normalized spacial score (nSPS) is 19.4. The Kier molecular flexibility index (Phi) is 7.05. The molecule has 1 atom stereocenters. The van der Waals surface area contributed by atoms with Crippen LogP contribution in [0.25, 0.3) is 5.52 Å². The molecule has 1 fully saturated rings. The molecule has 0 bridgehead atoms. The molecule has 0 saturated carbocycles. The first-order valence-corrected chi connectivity index (χ1v) is 12.4. The number of nitrogens with zero attached hydrogens (tertiary/aromatic N) is 3. The van der Waals surface area contributed by atoms with Gasteiger partial charge in [0.2, 0.25) is 0 Å². The van der Waals surface area contributed by atoms with E-state index in [9.17, 15) is 9.59 Å². The molecule has 1 saturated heterocycles. The van der Waals surface area contributed by atoms with Gasteiger partial charge in [0.1, 0.15) is 5.82 Å². The Morgan fingerprint density at radius 1 is 1.27 bits per heavy atom. The van der Waals surface area contributed by atoms with Crippen LogP contribution in [0.1, 0.15) is 49.5 Å². The molecule has 0 spiro atoms. The molecule has 176 valence electrons. The molecule has 2 aliphatic rings. The van der Waals surface area contributed by atoms with Crippen LogP contribution in [-0.4, -0.2) is 54.1 Å². The van der Waals surface area contributed by atoms with Crippen LogP contribution in [0.15, 0.2) is 39.4 Å². The van der Waals surface area contributed by atoms with E-state index in [2.05, 4.69) is 54.0 Å². The summed E-state index contributed by atoms with van der Waals surface area (Å²) in [6.07, 6.45) is 6.12. The van der Waals surface area contributed by atoms with E-state index in [1.54, 1.807) is 0 Å². The number of carbonyl (C=O) groups excluding carboxylic acids is 2. The third-order valence-corrected chi connectivity index (χ3v) is 7.15. The molecule has 0 aliphatic carbocycles. The van der Waals surface area contributed by atoms with Crippen LogP contribution in [0.3, 0.4) is 0 Å². The Morgan fingerprint density at radius 2 is 2.00 bits per heavy atom. The van der Waals surface area contributed by atoms with Crippen LogP contribution in [0.4, 0.5) is 5.82 Å². The monoisotopic (exact) mass is 513 g/mol. The minimum Gasteiger partial charge on any atom is -0.355 e. The lowest BCUT2D eigenvalue weighted by Crippen LogP contribution is -2.44. The van der Waals surface area contributed by atoms with Gasteiger partial charge in [-0.2, -0.15) is 0 Å². The first-order chi connectivity index (χ1) is 15.8. The van der Waals surface area contributed by atoms with Crippen LogP contribution >= 0.6 is 15.9 Å². The zero-order valence-electron chi connectivity index (χ0n) is 19.7. The number of piperidine rings is 1. The number of hydrogen-bond acceptors (Lipinski definition) is 4. The zero-order valence-corrected chi connectivity index (χ0v) is 21.3. The third kappa shape index (κ3) is 4.77. The summed E-state index contributed by atoms with van der Waals surface area (Å²) in [5.41, 5.74) is 4.19. The number of rotatable bonds is 6. The molecule has 4 heterocycles. The molecular weight excluding hydrogens is 482 g/mol. The Labute approximate surface area is 203 Å². The van der Waals surface area contributed by atoms with E-state index in [0.29, 0.717) is 17.3 Å². The summed E-state index contributed by atoms with van der Waals surface area (Å²) in [5.74, 6) is 0.286. The molecule has 4 rings (SSSR count). The quantitative estimate of drug-likeness (QED) is 0.614. The minimum absolute atomic E-state index is 0.165. The summed E-state index contributed by atoms with van der Waals surface area (Å²) in [6.45, 7) is 11.0. The average Bonchev–Trinajstić information content (AvgIpc) is 3.15. The smallest absolute Gasteiger partial charge is 0.254 e. The van der Waals surface area contributed by atoms with Crippen LogP contribution in [0.2, 0.25) is 0 Å². The van der Waals surface area contributed by atoms with Crippen LogP contribution in [0, 0.1) is 12.8 Å². The van der Waals surface area contributed by atoms with Gasteiger partial charge >= 0.3 is 0 Å². The maximum absolute atomic E-state index is 13.3. The maximum atomic E-state index is 13.3. The molecule has 7 nitrogen and oxygen atoms in total. The van der Waals surface area contributed by atoms with Crippen molar-refractivity contribution in [3.05, 3.63) is 45.6 Å². The largest absolute Gasteiger partial charge is 0.355 e. The van der Waals surface area contributed by atoms with Gasteiger partial charge in [-0.25, -0.2) is 4.99 Å². The highest BCUT2D eigenvalue weighted by Gasteiger charge is 2.28. The van der Waals surface area contributed by atoms with E-state index < -0.39 is 5.92 Å². The zero-order chi connectivity index (χ0) is 23.7. The number of amides is 2. The van der Waals surface area contributed by atoms with Crippen LogP contribution in [0.5, 0.6) is 0 Å². The number of pyridine rings is 1. The van der Waals surface area contributed by atoms with Gasteiger partial charge in [-0.05, 0) is 87.8 Å².